The molecular formula is C11H22IN3O2S. The molecule has 0 unspecified atom stereocenters. The molecule has 0 spiro atoms. The highest BCUT2D eigenvalue weighted by molar-refractivity contribution is 14.0. The quantitative estimate of drug-likeness (QED) is 0.394. The molecule has 1 amide bonds. The Morgan fingerprint density at radius 1 is 1.17 bits per heavy atom. The topological polar surface area (TPSA) is 56.6 Å². The first kappa shape index (κ1) is 17.8. The van der Waals surface area contributed by atoms with Gasteiger partial charge in [-0.1, -0.05) is 11.8 Å². The Hall–Kier alpha value is -0.180. The number of hydrogen-bond donors (Lipinski definition) is 1. The first-order chi connectivity index (χ1) is 7.83. The maximum atomic E-state index is 11.8. The number of rotatable bonds is 0. The third kappa shape index (κ3) is 5.64. The van der Waals surface area contributed by atoms with E-state index in [4.69, 9.17) is 10.1 Å². The fourth-order valence-electron chi connectivity index (χ4n) is 1.55. The van der Waals surface area contributed by atoms with Gasteiger partial charge in [0.25, 0.3) is 0 Å². The Labute approximate surface area is 130 Å². The van der Waals surface area contributed by atoms with Crippen LogP contribution in [0.2, 0.25) is 0 Å². The number of hydrogen-bond acceptors (Lipinski definition) is 4. The standard InChI is InChI=1S/C11H21N3O2S.HI/c1-11(2,3)16-10(15)14-7-5-13(6-8-14)9(12)17-4;/h12H,5-8H2,1-4H3;1H. The van der Waals surface area contributed by atoms with Crippen molar-refractivity contribution in [1.82, 2.24) is 9.80 Å². The van der Waals surface area contributed by atoms with Gasteiger partial charge in [-0.05, 0) is 27.0 Å². The summed E-state index contributed by atoms with van der Waals surface area (Å²) < 4.78 is 5.31. The minimum atomic E-state index is -0.444. The van der Waals surface area contributed by atoms with Crippen LogP contribution >= 0.6 is 35.7 Å². The molecule has 1 heterocycles. The second kappa shape index (κ2) is 7.42. The molecule has 1 aliphatic rings. The van der Waals surface area contributed by atoms with E-state index in [1.165, 1.54) is 11.8 Å². The van der Waals surface area contributed by atoms with E-state index in [2.05, 4.69) is 0 Å². The Morgan fingerprint density at radius 2 is 1.61 bits per heavy atom. The third-order valence-corrected chi connectivity index (χ3v) is 3.06. The van der Waals surface area contributed by atoms with Crippen LogP contribution in [0.1, 0.15) is 20.8 Å². The van der Waals surface area contributed by atoms with Gasteiger partial charge in [0.2, 0.25) is 0 Å². The Morgan fingerprint density at radius 3 is 2.00 bits per heavy atom. The number of carbonyl (C=O) groups is 1. The van der Waals surface area contributed by atoms with Crippen molar-refractivity contribution in [3.63, 3.8) is 0 Å². The summed E-state index contributed by atoms with van der Waals surface area (Å²) in [5.74, 6) is 0. The highest BCUT2D eigenvalue weighted by Gasteiger charge is 2.26. The highest BCUT2D eigenvalue weighted by atomic mass is 127. The smallest absolute Gasteiger partial charge is 0.410 e. The Kier molecular flexibility index (Phi) is 7.34. The van der Waals surface area contributed by atoms with Crippen molar-refractivity contribution >= 4 is 47.0 Å². The summed E-state index contributed by atoms with van der Waals surface area (Å²) in [6, 6.07) is 0. The van der Waals surface area contributed by atoms with Crippen molar-refractivity contribution in [2.24, 2.45) is 0 Å². The molecule has 7 heteroatoms. The predicted octanol–water partition coefficient (Wildman–Crippen LogP) is 2.45. The number of piperazine rings is 1. The average molecular weight is 387 g/mol. The van der Waals surface area contributed by atoms with Gasteiger partial charge in [0.05, 0.1) is 0 Å². The van der Waals surface area contributed by atoms with Crippen molar-refractivity contribution in [2.75, 3.05) is 32.4 Å². The molecular weight excluding hydrogens is 365 g/mol. The van der Waals surface area contributed by atoms with Gasteiger partial charge in [0.15, 0.2) is 5.17 Å². The second-order valence-corrected chi connectivity index (χ2v) is 5.76. The van der Waals surface area contributed by atoms with Crippen LogP contribution < -0.4 is 0 Å². The predicted molar refractivity (Wildman–Crippen MR) is 86.0 cm³/mol. The van der Waals surface area contributed by atoms with Gasteiger partial charge in [0.1, 0.15) is 5.60 Å². The van der Waals surface area contributed by atoms with Crippen LogP contribution in [0.5, 0.6) is 0 Å². The van der Waals surface area contributed by atoms with Crippen molar-refractivity contribution in [3.8, 4) is 0 Å². The van der Waals surface area contributed by atoms with Crippen LogP contribution in [-0.4, -0.2) is 59.1 Å². The number of thioether (sulfide) groups is 1. The summed E-state index contributed by atoms with van der Waals surface area (Å²) >= 11 is 1.43. The number of ether oxygens (including phenoxy) is 1. The van der Waals surface area contributed by atoms with Crippen molar-refractivity contribution < 1.29 is 9.53 Å². The third-order valence-electron chi connectivity index (χ3n) is 2.41. The van der Waals surface area contributed by atoms with Gasteiger partial charge < -0.3 is 14.5 Å². The van der Waals surface area contributed by atoms with E-state index in [9.17, 15) is 4.79 Å². The minimum absolute atomic E-state index is 0. The van der Waals surface area contributed by atoms with Gasteiger partial charge >= 0.3 is 6.09 Å². The van der Waals surface area contributed by atoms with Crippen molar-refractivity contribution in [3.05, 3.63) is 0 Å². The average Bonchev–Trinajstić information content (AvgIpc) is 2.26. The second-order valence-electron chi connectivity index (χ2n) is 4.96. The van der Waals surface area contributed by atoms with E-state index < -0.39 is 5.60 Å². The van der Waals surface area contributed by atoms with Gasteiger partial charge in [0, 0.05) is 26.2 Å². The Bertz CT molecular complexity index is 299. The maximum absolute atomic E-state index is 11.8. The van der Waals surface area contributed by atoms with Crippen LogP contribution in [-0.2, 0) is 4.74 Å². The van der Waals surface area contributed by atoms with Crippen LogP contribution in [0, 0.1) is 5.41 Å². The van der Waals surface area contributed by atoms with E-state index in [1.54, 1.807) is 4.90 Å². The minimum Gasteiger partial charge on any atom is -0.444 e. The molecule has 0 aliphatic carbocycles. The van der Waals surface area contributed by atoms with Crippen LogP contribution in [0.3, 0.4) is 0 Å². The number of carbonyl (C=O) groups excluding carboxylic acids is 1. The monoisotopic (exact) mass is 387 g/mol. The first-order valence-corrected chi connectivity index (χ1v) is 6.91. The lowest BCUT2D eigenvalue weighted by Crippen LogP contribution is -2.51. The zero-order valence-corrected chi connectivity index (χ0v) is 14.5. The molecule has 1 saturated heterocycles. The van der Waals surface area contributed by atoms with Gasteiger partial charge in [-0.2, -0.15) is 0 Å². The summed E-state index contributed by atoms with van der Waals surface area (Å²) in [6.45, 7) is 8.26. The van der Waals surface area contributed by atoms with E-state index >= 15 is 0 Å². The lowest BCUT2D eigenvalue weighted by Gasteiger charge is -2.36. The number of nitrogens with zero attached hydrogens (tertiary/aromatic N) is 2. The summed E-state index contributed by atoms with van der Waals surface area (Å²) in [6.07, 6.45) is 1.63. The lowest BCUT2D eigenvalue weighted by molar-refractivity contribution is 0.0188. The molecule has 1 fully saturated rings. The molecule has 0 aromatic carbocycles. The molecule has 0 atom stereocenters. The van der Waals surface area contributed by atoms with Gasteiger partial charge in [-0.15, -0.1) is 24.0 Å². The van der Waals surface area contributed by atoms with Crippen molar-refractivity contribution in [2.45, 2.75) is 26.4 Å². The largest absolute Gasteiger partial charge is 0.444 e. The fraction of sp³-hybridized carbons (Fsp3) is 0.818. The Balaban J connectivity index is 0.00000289. The lowest BCUT2D eigenvalue weighted by atomic mass is 10.2. The zero-order valence-electron chi connectivity index (χ0n) is 11.4. The normalized spacial score (nSPS) is 16.0. The molecule has 0 bridgehead atoms. The molecule has 0 radical (unpaired) electrons. The first-order valence-electron chi connectivity index (χ1n) is 5.69. The van der Waals surface area contributed by atoms with Crippen LogP contribution in [0.15, 0.2) is 0 Å². The number of amidine groups is 1. The molecule has 0 aromatic heterocycles. The molecule has 5 nitrogen and oxygen atoms in total. The van der Waals surface area contributed by atoms with Crippen molar-refractivity contribution in [1.29, 1.82) is 5.41 Å². The summed E-state index contributed by atoms with van der Waals surface area (Å²) in [7, 11) is 0. The molecule has 18 heavy (non-hydrogen) atoms. The van der Waals surface area contributed by atoms with Crippen LogP contribution in [0.4, 0.5) is 4.79 Å². The molecule has 106 valence electrons. The van der Waals surface area contributed by atoms with E-state index in [0.29, 0.717) is 31.3 Å². The van der Waals surface area contributed by atoms with Crippen LogP contribution in [0.25, 0.3) is 0 Å². The van der Waals surface area contributed by atoms with E-state index in [1.807, 2.05) is 31.9 Å². The summed E-state index contributed by atoms with van der Waals surface area (Å²) in [5, 5.41) is 8.27. The number of halogens is 1. The fourth-order valence-corrected chi connectivity index (χ4v) is 1.99. The maximum Gasteiger partial charge on any atom is 0.410 e. The molecule has 0 aromatic rings. The summed E-state index contributed by atoms with van der Waals surface area (Å²) in [5.41, 5.74) is -0.444. The van der Waals surface area contributed by atoms with E-state index in [0.717, 1.165) is 0 Å². The molecule has 1 rings (SSSR count). The number of amides is 1. The van der Waals surface area contributed by atoms with Gasteiger partial charge in [-0.3, -0.25) is 5.41 Å². The zero-order chi connectivity index (χ0) is 13.1. The highest BCUT2D eigenvalue weighted by Crippen LogP contribution is 2.13. The molecule has 1 N–H and O–H groups in total. The summed E-state index contributed by atoms with van der Waals surface area (Å²) in [4.78, 5) is 15.5. The number of nitrogens with one attached hydrogen (secondary N) is 1. The SMILES string of the molecule is CSC(=N)N1CCN(C(=O)OC(C)(C)C)CC1.I. The molecule has 1 aliphatic heterocycles. The molecule has 0 saturated carbocycles. The van der Waals surface area contributed by atoms with E-state index in [-0.39, 0.29) is 30.1 Å². The van der Waals surface area contributed by atoms with Gasteiger partial charge in [-0.25, -0.2) is 4.79 Å².